The van der Waals surface area contributed by atoms with Gasteiger partial charge in [-0.1, -0.05) is 12.8 Å². The number of hydrogen-bond acceptors (Lipinski definition) is 4. The van der Waals surface area contributed by atoms with Crippen LogP contribution in [0.4, 0.5) is 0 Å². The van der Waals surface area contributed by atoms with Gasteiger partial charge in [0.1, 0.15) is 6.04 Å². The van der Waals surface area contributed by atoms with Crippen LogP contribution in [0.5, 0.6) is 0 Å². The lowest BCUT2D eigenvalue weighted by Crippen LogP contribution is -2.41. The van der Waals surface area contributed by atoms with Crippen LogP contribution in [-0.2, 0) is 4.79 Å². The van der Waals surface area contributed by atoms with Crippen molar-refractivity contribution in [3.05, 3.63) is 36.3 Å². The molecule has 2 aromatic rings. The van der Waals surface area contributed by atoms with E-state index >= 15 is 0 Å². The number of carbonyl (C=O) groups is 2. The van der Waals surface area contributed by atoms with Gasteiger partial charge in [-0.3, -0.25) is 14.8 Å². The van der Waals surface area contributed by atoms with Gasteiger partial charge < -0.3 is 10.4 Å². The molecule has 0 bridgehead atoms. The fourth-order valence-corrected chi connectivity index (χ4v) is 2.33. The number of amides is 1. The first-order valence-electron chi connectivity index (χ1n) is 6.87. The molecule has 0 aliphatic heterocycles. The molecule has 2 N–H and O–H groups in total. The highest BCUT2D eigenvalue weighted by atomic mass is 16.4. The van der Waals surface area contributed by atoms with Crippen molar-refractivity contribution in [2.45, 2.75) is 25.3 Å². The van der Waals surface area contributed by atoms with Gasteiger partial charge in [0.2, 0.25) is 0 Å². The minimum Gasteiger partial charge on any atom is -0.480 e. The standard InChI is InChI=1S/C15H15N3O3/c19-14(18-13(15(20)21)7-9-1-2-9)10-3-6-17-12-4-5-16-8-11(10)12/h3-6,8-9,13H,1-2,7H2,(H,18,19)(H,20,21). The molecular formula is C15H15N3O3. The number of nitrogens with one attached hydrogen (secondary N) is 1. The normalized spacial score (nSPS) is 15.6. The van der Waals surface area contributed by atoms with Crippen LogP contribution in [0.15, 0.2) is 30.7 Å². The second-order valence-electron chi connectivity index (χ2n) is 5.29. The number of carboxylic acids is 1. The van der Waals surface area contributed by atoms with Gasteiger partial charge in [0.25, 0.3) is 5.91 Å². The zero-order chi connectivity index (χ0) is 14.8. The third kappa shape index (κ3) is 2.99. The molecule has 1 aliphatic carbocycles. The van der Waals surface area contributed by atoms with Gasteiger partial charge in [0.05, 0.1) is 11.1 Å². The van der Waals surface area contributed by atoms with Crippen LogP contribution in [-0.4, -0.2) is 33.0 Å². The minimum atomic E-state index is -0.994. The summed E-state index contributed by atoms with van der Waals surface area (Å²) in [5, 5.41) is 12.4. The number of hydrogen-bond donors (Lipinski definition) is 2. The fourth-order valence-electron chi connectivity index (χ4n) is 2.33. The third-order valence-electron chi connectivity index (χ3n) is 3.66. The highest BCUT2D eigenvalue weighted by Crippen LogP contribution is 2.33. The second-order valence-corrected chi connectivity index (χ2v) is 5.29. The van der Waals surface area contributed by atoms with Gasteiger partial charge in [-0.2, -0.15) is 0 Å². The molecule has 1 unspecified atom stereocenters. The maximum absolute atomic E-state index is 12.3. The van der Waals surface area contributed by atoms with Gasteiger partial charge in [-0.25, -0.2) is 4.79 Å². The minimum absolute atomic E-state index is 0.398. The van der Waals surface area contributed by atoms with E-state index in [1.165, 1.54) is 6.20 Å². The van der Waals surface area contributed by atoms with Crippen LogP contribution in [0.3, 0.4) is 0 Å². The zero-order valence-corrected chi connectivity index (χ0v) is 11.3. The first-order chi connectivity index (χ1) is 10.1. The lowest BCUT2D eigenvalue weighted by Gasteiger charge is -2.14. The Labute approximate surface area is 121 Å². The molecule has 108 valence electrons. The molecule has 1 amide bonds. The number of aromatic nitrogens is 2. The summed E-state index contributed by atoms with van der Waals surface area (Å²) in [5.41, 5.74) is 1.06. The Bertz CT molecular complexity index is 692. The van der Waals surface area contributed by atoms with Crippen LogP contribution in [0.1, 0.15) is 29.6 Å². The summed E-state index contributed by atoms with van der Waals surface area (Å²) >= 11 is 0. The van der Waals surface area contributed by atoms with Crippen molar-refractivity contribution in [2.75, 3.05) is 0 Å². The molecule has 1 fully saturated rings. The quantitative estimate of drug-likeness (QED) is 0.870. The van der Waals surface area contributed by atoms with Crippen molar-refractivity contribution in [1.29, 1.82) is 0 Å². The van der Waals surface area contributed by atoms with E-state index in [1.807, 2.05) is 0 Å². The zero-order valence-electron chi connectivity index (χ0n) is 11.3. The number of rotatable bonds is 5. The Kier molecular flexibility index (Phi) is 3.51. The van der Waals surface area contributed by atoms with E-state index in [9.17, 15) is 14.7 Å². The molecule has 1 atom stereocenters. The van der Waals surface area contributed by atoms with Crippen LogP contribution in [0, 0.1) is 5.92 Å². The molecule has 0 saturated heterocycles. The average molecular weight is 285 g/mol. The van der Waals surface area contributed by atoms with Crippen molar-refractivity contribution < 1.29 is 14.7 Å². The Morgan fingerprint density at radius 3 is 2.86 bits per heavy atom. The summed E-state index contributed by atoms with van der Waals surface area (Å²) in [6.45, 7) is 0. The number of aliphatic carboxylic acids is 1. The van der Waals surface area contributed by atoms with E-state index in [-0.39, 0.29) is 0 Å². The fraction of sp³-hybridized carbons (Fsp3) is 0.333. The summed E-state index contributed by atoms with van der Waals surface area (Å²) < 4.78 is 0. The Morgan fingerprint density at radius 1 is 1.33 bits per heavy atom. The number of carboxylic acid groups (broad SMARTS) is 1. The second kappa shape index (κ2) is 5.47. The van der Waals surface area contributed by atoms with Crippen LogP contribution >= 0.6 is 0 Å². The van der Waals surface area contributed by atoms with E-state index in [0.717, 1.165) is 12.8 Å². The molecule has 3 rings (SSSR count). The Hall–Kier alpha value is -2.50. The molecule has 6 nitrogen and oxygen atoms in total. The van der Waals surface area contributed by atoms with Crippen molar-refractivity contribution in [3.8, 4) is 0 Å². The Morgan fingerprint density at radius 2 is 2.14 bits per heavy atom. The van der Waals surface area contributed by atoms with E-state index in [4.69, 9.17) is 0 Å². The van der Waals surface area contributed by atoms with Gasteiger partial charge in [-0.15, -0.1) is 0 Å². The van der Waals surface area contributed by atoms with Gasteiger partial charge >= 0.3 is 5.97 Å². The maximum atomic E-state index is 12.3. The van der Waals surface area contributed by atoms with E-state index in [2.05, 4.69) is 15.3 Å². The maximum Gasteiger partial charge on any atom is 0.326 e. The number of carbonyl (C=O) groups excluding carboxylic acids is 1. The van der Waals surface area contributed by atoms with Crippen LogP contribution < -0.4 is 5.32 Å². The number of fused-ring (bicyclic) bond motifs is 1. The lowest BCUT2D eigenvalue weighted by molar-refractivity contribution is -0.139. The molecule has 6 heteroatoms. The lowest BCUT2D eigenvalue weighted by atomic mass is 10.1. The molecule has 2 heterocycles. The largest absolute Gasteiger partial charge is 0.480 e. The smallest absolute Gasteiger partial charge is 0.326 e. The summed E-state index contributed by atoms with van der Waals surface area (Å²) in [6.07, 6.45) is 7.28. The van der Waals surface area contributed by atoms with Crippen molar-refractivity contribution in [1.82, 2.24) is 15.3 Å². The topological polar surface area (TPSA) is 92.2 Å². The van der Waals surface area contributed by atoms with Crippen LogP contribution in [0.25, 0.3) is 10.9 Å². The highest BCUT2D eigenvalue weighted by Gasteiger charge is 2.30. The molecule has 0 radical (unpaired) electrons. The number of nitrogens with zero attached hydrogens (tertiary/aromatic N) is 2. The molecule has 0 spiro atoms. The molecular weight excluding hydrogens is 270 g/mol. The Balaban J connectivity index is 1.84. The molecule has 1 saturated carbocycles. The third-order valence-corrected chi connectivity index (χ3v) is 3.66. The predicted octanol–water partition coefficient (Wildman–Crippen LogP) is 1.61. The summed E-state index contributed by atoms with van der Waals surface area (Å²) in [5.74, 6) is -0.975. The molecule has 0 aromatic carbocycles. The average Bonchev–Trinajstić information content (AvgIpc) is 3.29. The monoisotopic (exact) mass is 285 g/mol. The van der Waals surface area contributed by atoms with Crippen molar-refractivity contribution >= 4 is 22.8 Å². The van der Waals surface area contributed by atoms with Gasteiger partial charge in [0.15, 0.2) is 0 Å². The van der Waals surface area contributed by atoms with E-state index in [0.29, 0.717) is 28.8 Å². The van der Waals surface area contributed by atoms with Gasteiger partial charge in [0, 0.05) is 24.0 Å². The highest BCUT2D eigenvalue weighted by molar-refractivity contribution is 6.06. The molecule has 1 aliphatic rings. The molecule has 2 aromatic heterocycles. The first-order valence-corrected chi connectivity index (χ1v) is 6.87. The SMILES string of the molecule is O=C(NC(CC1CC1)C(=O)O)c1ccnc2ccncc12. The van der Waals surface area contributed by atoms with Gasteiger partial charge in [-0.05, 0) is 24.5 Å². The van der Waals surface area contributed by atoms with Crippen LogP contribution in [0.2, 0.25) is 0 Å². The molecule has 21 heavy (non-hydrogen) atoms. The summed E-state index contributed by atoms with van der Waals surface area (Å²) in [4.78, 5) is 31.8. The summed E-state index contributed by atoms with van der Waals surface area (Å²) in [7, 11) is 0. The first kappa shape index (κ1) is 13.5. The number of pyridine rings is 2. The summed E-state index contributed by atoms with van der Waals surface area (Å²) in [6, 6.07) is 2.45. The van der Waals surface area contributed by atoms with Crippen molar-refractivity contribution in [3.63, 3.8) is 0 Å². The van der Waals surface area contributed by atoms with E-state index in [1.54, 1.807) is 24.5 Å². The van der Waals surface area contributed by atoms with Crippen molar-refractivity contribution in [2.24, 2.45) is 5.92 Å². The predicted molar refractivity (Wildman–Crippen MR) is 75.8 cm³/mol. The van der Waals surface area contributed by atoms with E-state index < -0.39 is 17.9 Å².